The summed E-state index contributed by atoms with van der Waals surface area (Å²) in [6.45, 7) is 1.54. The number of rotatable bonds is 7. The van der Waals surface area contributed by atoms with Gasteiger partial charge in [0.2, 0.25) is 5.89 Å². The molecule has 0 spiro atoms. The van der Waals surface area contributed by atoms with E-state index in [0.29, 0.717) is 22.0 Å². The third kappa shape index (κ3) is 4.96. The molecule has 148 valence electrons. The van der Waals surface area contributed by atoms with Gasteiger partial charge in [0.15, 0.2) is 5.82 Å². The van der Waals surface area contributed by atoms with E-state index in [2.05, 4.69) is 15.2 Å². The van der Waals surface area contributed by atoms with E-state index in [-0.39, 0.29) is 30.3 Å². The van der Waals surface area contributed by atoms with Crippen molar-refractivity contribution in [3.63, 3.8) is 0 Å². The van der Waals surface area contributed by atoms with Crippen molar-refractivity contribution in [3.8, 4) is 0 Å². The van der Waals surface area contributed by atoms with Gasteiger partial charge in [-0.1, -0.05) is 40.5 Å². The van der Waals surface area contributed by atoms with Crippen LogP contribution in [0.3, 0.4) is 0 Å². The summed E-state index contributed by atoms with van der Waals surface area (Å²) in [6.07, 6.45) is 0.340. The number of hydrogen-bond acceptors (Lipinski definition) is 7. The molecule has 0 saturated carbocycles. The predicted molar refractivity (Wildman–Crippen MR) is 102 cm³/mol. The predicted octanol–water partition coefficient (Wildman–Crippen LogP) is 2.18. The number of aromatic nitrogens is 4. The lowest BCUT2D eigenvalue weighted by molar-refractivity contribution is 0.174. The van der Waals surface area contributed by atoms with Crippen molar-refractivity contribution in [3.05, 3.63) is 73.7 Å². The smallest absolute Gasteiger partial charge is 0.286 e. The largest absolute Gasteiger partial charge is 0.393 e. The molecule has 0 aliphatic rings. The molecule has 0 amide bonds. The first kappa shape index (κ1) is 20.5. The van der Waals surface area contributed by atoms with E-state index in [1.165, 1.54) is 6.20 Å². The highest BCUT2D eigenvalue weighted by Gasteiger charge is 2.16. The first-order chi connectivity index (χ1) is 13.3. The lowest BCUT2D eigenvalue weighted by atomic mass is 10.1. The highest BCUT2D eigenvalue weighted by atomic mass is 35.5. The molecule has 2 heterocycles. The molecule has 3 rings (SSSR count). The number of hydrogen-bond donors (Lipinski definition) is 2. The summed E-state index contributed by atoms with van der Waals surface area (Å²) in [7, 11) is 0. The van der Waals surface area contributed by atoms with Crippen LogP contribution in [0.25, 0.3) is 0 Å². The van der Waals surface area contributed by atoms with Gasteiger partial charge in [0, 0.05) is 17.9 Å². The Labute approximate surface area is 170 Å². The fourth-order valence-electron chi connectivity index (χ4n) is 2.61. The van der Waals surface area contributed by atoms with Gasteiger partial charge >= 0.3 is 0 Å². The molecule has 2 N–H and O–H groups in total. The molecular weight excluding hydrogens is 407 g/mol. The molecule has 0 aliphatic heterocycles. The van der Waals surface area contributed by atoms with Crippen molar-refractivity contribution in [2.75, 3.05) is 0 Å². The van der Waals surface area contributed by atoms with Gasteiger partial charge in [0.05, 0.1) is 18.4 Å². The SMILES string of the molecule is C[C@H](O)Cc1cnn(Cc2nc(C[C@H](O)c3ccc(Cl)cc3)no2)c(=O)c1Cl. The summed E-state index contributed by atoms with van der Waals surface area (Å²) >= 11 is 11.9. The van der Waals surface area contributed by atoms with Gasteiger partial charge in [-0.25, -0.2) is 4.68 Å². The van der Waals surface area contributed by atoms with Gasteiger partial charge in [0.1, 0.15) is 11.6 Å². The Bertz CT molecular complexity index is 1000. The normalized spacial score (nSPS) is 13.5. The lowest BCUT2D eigenvalue weighted by Crippen LogP contribution is -2.25. The second kappa shape index (κ2) is 8.83. The Hall–Kier alpha value is -2.26. The van der Waals surface area contributed by atoms with E-state index in [9.17, 15) is 15.0 Å². The maximum absolute atomic E-state index is 12.3. The number of halogens is 2. The van der Waals surface area contributed by atoms with E-state index < -0.39 is 17.8 Å². The molecule has 8 nitrogen and oxygen atoms in total. The van der Waals surface area contributed by atoms with Crippen LogP contribution in [0.1, 0.15) is 35.9 Å². The Morgan fingerprint density at radius 3 is 2.57 bits per heavy atom. The van der Waals surface area contributed by atoms with Crippen LogP contribution in [0, 0.1) is 0 Å². The molecule has 10 heteroatoms. The van der Waals surface area contributed by atoms with Crippen molar-refractivity contribution in [1.82, 2.24) is 19.9 Å². The highest BCUT2D eigenvalue weighted by Crippen LogP contribution is 2.19. The first-order valence-electron chi connectivity index (χ1n) is 8.51. The molecule has 2 aromatic heterocycles. The minimum Gasteiger partial charge on any atom is -0.393 e. The van der Waals surface area contributed by atoms with Crippen molar-refractivity contribution in [2.45, 2.75) is 38.5 Å². The summed E-state index contributed by atoms with van der Waals surface area (Å²) in [5.41, 5.74) is 0.630. The van der Waals surface area contributed by atoms with E-state index in [4.69, 9.17) is 27.7 Å². The second-order valence-corrected chi connectivity index (χ2v) is 7.19. The van der Waals surface area contributed by atoms with Crippen LogP contribution in [0.2, 0.25) is 10.0 Å². The van der Waals surface area contributed by atoms with Crippen LogP contribution in [0.4, 0.5) is 0 Å². The highest BCUT2D eigenvalue weighted by molar-refractivity contribution is 6.31. The van der Waals surface area contributed by atoms with E-state index in [0.717, 1.165) is 4.68 Å². The fourth-order valence-corrected chi connectivity index (χ4v) is 2.96. The van der Waals surface area contributed by atoms with Crippen molar-refractivity contribution in [1.29, 1.82) is 0 Å². The van der Waals surface area contributed by atoms with Crippen molar-refractivity contribution >= 4 is 23.2 Å². The van der Waals surface area contributed by atoms with Crippen LogP contribution >= 0.6 is 23.2 Å². The molecule has 0 fully saturated rings. The van der Waals surface area contributed by atoms with E-state index in [1.807, 2.05) is 0 Å². The molecule has 0 unspecified atom stereocenters. The molecule has 0 radical (unpaired) electrons. The third-order valence-electron chi connectivity index (χ3n) is 4.00. The van der Waals surface area contributed by atoms with Gasteiger partial charge in [-0.2, -0.15) is 10.1 Å². The Balaban J connectivity index is 1.70. The minimum absolute atomic E-state index is 0.00574. The van der Waals surface area contributed by atoms with E-state index >= 15 is 0 Å². The standard InChI is InChI=1S/C18H18Cl2N4O4/c1-10(25)6-12-8-21-24(18(27)17(12)20)9-16-22-15(23-28-16)7-14(26)11-2-4-13(19)5-3-11/h2-5,8,10,14,25-26H,6-7,9H2,1H3/t10-,14-/m0/s1. The van der Waals surface area contributed by atoms with Crippen LogP contribution in [0.5, 0.6) is 0 Å². The molecular formula is C18H18Cl2N4O4. The summed E-state index contributed by atoms with van der Waals surface area (Å²) in [4.78, 5) is 16.5. The maximum Gasteiger partial charge on any atom is 0.286 e. The molecule has 28 heavy (non-hydrogen) atoms. The average Bonchev–Trinajstić information content (AvgIpc) is 3.08. The fraction of sp³-hybridized carbons (Fsp3) is 0.333. The summed E-state index contributed by atoms with van der Waals surface area (Å²) < 4.78 is 6.24. The number of nitrogens with zero attached hydrogens (tertiary/aromatic N) is 4. The average molecular weight is 425 g/mol. The number of aliphatic hydroxyl groups is 2. The summed E-state index contributed by atoms with van der Waals surface area (Å²) in [5, 5.41) is 28.1. The Kier molecular flexibility index (Phi) is 6.46. The summed E-state index contributed by atoms with van der Waals surface area (Å²) in [6, 6.07) is 6.80. The molecule has 0 saturated heterocycles. The quantitative estimate of drug-likeness (QED) is 0.596. The zero-order valence-corrected chi connectivity index (χ0v) is 16.4. The minimum atomic E-state index is -0.822. The second-order valence-electron chi connectivity index (χ2n) is 6.38. The van der Waals surface area contributed by atoms with Crippen molar-refractivity contribution < 1.29 is 14.7 Å². The molecule has 3 aromatic rings. The zero-order valence-electron chi connectivity index (χ0n) is 14.9. The molecule has 1 aromatic carbocycles. The van der Waals surface area contributed by atoms with Crippen LogP contribution in [-0.4, -0.2) is 36.2 Å². The maximum atomic E-state index is 12.3. The van der Waals surface area contributed by atoms with Gasteiger partial charge < -0.3 is 14.7 Å². The Morgan fingerprint density at radius 1 is 1.18 bits per heavy atom. The molecule has 0 aliphatic carbocycles. The van der Waals surface area contributed by atoms with Gasteiger partial charge in [0.25, 0.3) is 5.56 Å². The van der Waals surface area contributed by atoms with Gasteiger partial charge in [-0.05, 0) is 30.2 Å². The monoisotopic (exact) mass is 424 g/mol. The van der Waals surface area contributed by atoms with Gasteiger partial charge in [-0.3, -0.25) is 4.79 Å². The molecule has 0 bridgehead atoms. The zero-order chi connectivity index (χ0) is 20.3. The van der Waals surface area contributed by atoms with Gasteiger partial charge in [-0.15, -0.1) is 0 Å². The first-order valence-corrected chi connectivity index (χ1v) is 9.26. The number of aliphatic hydroxyl groups excluding tert-OH is 2. The van der Waals surface area contributed by atoms with E-state index in [1.54, 1.807) is 31.2 Å². The number of benzene rings is 1. The van der Waals surface area contributed by atoms with Crippen molar-refractivity contribution in [2.24, 2.45) is 0 Å². The van der Waals surface area contributed by atoms with Crippen LogP contribution < -0.4 is 5.56 Å². The molecule has 2 atom stereocenters. The van der Waals surface area contributed by atoms with Crippen LogP contribution in [0.15, 0.2) is 39.8 Å². The third-order valence-corrected chi connectivity index (χ3v) is 4.65. The summed E-state index contributed by atoms with van der Waals surface area (Å²) in [5.74, 6) is 0.453. The lowest BCUT2D eigenvalue weighted by Gasteiger charge is -2.08. The Morgan fingerprint density at radius 2 is 1.89 bits per heavy atom. The van der Waals surface area contributed by atoms with Crippen LogP contribution in [-0.2, 0) is 19.4 Å². The topological polar surface area (TPSA) is 114 Å².